The van der Waals surface area contributed by atoms with Crippen molar-refractivity contribution in [2.45, 2.75) is 52.4 Å². The Morgan fingerprint density at radius 1 is 1.35 bits per heavy atom. The molecule has 1 aliphatic carbocycles. The molecular weight excluding hydrogens is 373 g/mol. The van der Waals surface area contributed by atoms with Gasteiger partial charge in [-0.3, -0.25) is 10.2 Å². The molecule has 0 aromatic heterocycles. The highest BCUT2D eigenvalue weighted by atomic mass is 35.5. The Morgan fingerprint density at radius 2 is 1.96 bits per heavy atom. The van der Waals surface area contributed by atoms with Crippen molar-refractivity contribution < 1.29 is 9.53 Å². The molecular formula is C19H29Cl2N3O2. The monoisotopic (exact) mass is 401 g/mol. The number of benzene rings is 1. The summed E-state index contributed by atoms with van der Waals surface area (Å²) in [5.41, 5.74) is 7.19. The number of carbonyl (C=O) groups is 1. The molecule has 2 rings (SSSR count). The molecule has 1 saturated carbocycles. The fraction of sp³-hybridized carbons (Fsp3) is 0.579. The topological polar surface area (TPSA) is 88.2 Å². The van der Waals surface area contributed by atoms with Crippen LogP contribution in [0.3, 0.4) is 0 Å². The second-order valence-electron chi connectivity index (χ2n) is 7.23. The third kappa shape index (κ3) is 6.06. The Labute approximate surface area is 166 Å². The molecule has 0 heterocycles. The summed E-state index contributed by atoms with van der Waals surface area (Å²) in [5.74, 6) is 1.10. The van der Waals surface area contributed by atoms with Crippen molar-refractivity contribution in [3.8, 4) is 5.75 Å². The first kappa shape index (κ1) is 22.6. The lowest BCUT2D eigenvalue weighted by atomic mass is 9.82. The Bertz CT molecular complexity index is 642. The molecule has 4 N–H and O–H groups in total. The van der Waals surface area contributed by atoms with Gasteiger partial charge >= 0.3 is 5.97 Å². The lowest BCUT2D eigenvalue weighted by Gasteiger charge is -2.27. The van der Waals surface area contributed by atoms with Gasteiger partial charge in [-0.1, -0.05) is 25.4 Å². The maximum Gasteiger partial charge on any atom is 0.314 e. The molecule has 1 fully saturated rings. The van der Waals surface area contributed by atoms with Gasteiger partial charge in [0.15, 0.2) is 5.96 Å². The molecule has 0 unspecified atom stereocenters. The molecule has 1 aliphatic rings. The molecule has 0 aliphatic heterocycles. The molecule has 146 valence electrons. The van der Waals surface area contributed by atoms with Crippen LogP contribution in [0.2, 0.25) is 5.02 Å². The van der Waals surface area contributed by atoms with E-state index >= 15 is 0 Å². The summed E-state index contributed by atoms with van der Waals surface area (Å²) in [4.78, 5) is 12.6. The molecule has 0 bridgehead atoms. The number of hydrogen-bond acceptors (Lipinski definition) is 3. The molecule has 0 atom stereocenters. The highest BCUT2D eigenvalue weighted by molar-refractivity contribution is 6.31. The second kappa shape index (κ2) is 10.0. The number of halogens is 2. The van der Waals surface area contributed by atoms with Gasteiger partial charge in [0, 0.05) is 11.6 Å². The minimum atomic E-state index is -0.151. The van der Waals surface area contributed by atoms with Gasteiger partial charge in [-0.05, 0) is 67.7 Å². The van der Waals surface area contributed by atoms with E-state index < -0.39 is 0 Å². The molecule has 0 saturated heterocycles. The number of esters is 1. The first-order valence-corrected chi connectivity index (χ1v) is 9.25. The Kier molecular flexibility index (Phi) is 8.71. The van der Waals surface area contributed by atoms with Crippen LogP contribution in [0.15, 0.2) is 12.1 Å². The fourth-order valence-electron chi connectivity index (χ4n) is 3.26. The summed E-state index contributed by atoms with van der Waals surface area (Å²) in [5, 5.41) is 10.8. The number of nitrogens with one attached hydrogen (secondary N) is 2. The molecule has 0 spiro atoms. The third-order valence-corrected chi connectivity index (χ3v) is 5.29. The quantitative estimate of drug-likeness (QED) is 0.295. The summed E-state index contributed by atoms with van der Waals surface area (Å²) < 4.78 is 5.75. The van der Waals surface area contributed by atoms with Gasteiger partial charge in [0.2, 0.25) is 0 Å². The summed E-state index contributed by atoms with van der Waals surface area (Å²) in [6.07, 6.45) is 3.51. The van der Waals surface area contributed by atoms with Crippen molar-refractivity contribution in [2.75, 3.05) is 6.54 Å². The van der Waals surface area contributed by atoms with E-state index in [4.69, 9.17) is 27.5 Å². The highest BCUT2D eigenvalue weighted by Gasteiger charge is 2.28. The van der Waals surface area contributed by atoms with Gasteiger partial charge in [0.25, 0.3) is 0 Å². The predicted molar refractivity (Wildman–Crippen MR) is 109 cm³/mol. The van der Waals surface area contributed by atoms with Gasteiger partial charge in [-0.2, -0.15) is 0 Å². The first-order chi connectivity index (χ1) is 11.8. The zero-order valence-electron chi connectivity index (χ0n) is 15.6. The lowest BCUT2D eigenvalue weighted by Crippen LogP contribution is -2.36. The maximum absolute atomic E-state index is 12.6. The van der Waals surface area contributed by atoms with Crippen LogP contribution in [0.5, 0.6) is 5.75 Å². The van der Waals surface area contributed by atoms with Crippen LogP contribution in [0.25, 0.3) is 0 Å². The Hall–Kier alpha value is -1.46. The molecule has 1 aromatic carbocycles. The van der Waals surface area contributed by atoms with E-state index in [1.54, 1.807) is 0 Å². The average molecular weight is 402 g/mol. The van der Waals surface area contributed by atoms with Crippen molar-refractivity contribution in [3.05, 3.63) is 28.3 Å². The van der Waals surface area contributed by atoms with Crippen LogP contribution < -0.4 is 15.8 Å². The van der Waals surface area contributed by atoms with Crippen molar-refractivity contribution >= 4 is 35.9 Å². The van der Waals surface area contributed by atoms with Crippen LogP contribution >= 0.6 is 24.0 Å². The van der Waals surface area contributed by atoms with Gasteiger partial charge in [-0.25, -0.2) is 0 Å². The van der Waals surface area contributed by atoms with E-state index in [1.807, 2.05) is 19.1 Å². The van der Waals surface area contributed by atoms with E-state index in [0.717, 1.165) is 36.8 Å². The standard InChI is InChI=1S/C19H28ClN3O2.ClH/c1-11(2)15-9-16(20)12(3)8-17(15)25-18(24)14-6-4-13(5-7-14)10-23-19(21)22;/h8-9,11,13-14H,4-7,10H2,1-3H3,(H4,21,22,23);1H/t13-,14-;. The molecule has 0 radical (unpaired) electrons. The maximum atomic E-state index is 12.6. The minimum Gasteiger partial charge on any atom is -0.426 e. The number of ether oxygens (including phenoxy) is 1. The molecule has 0 amide bonds. The normalized spacial score (nSPS) is 19.6. The van der Waals surface area contributed by atoms with Crippen LogP contribution in [0.1, 0.15) is 56.6 Å². The summed E-state index contributed by atoms with van der Waals surface area (Å²) >= 11 is 6.21. The Balaban J connectivity index is 0.00000338. The fourth-order valence-corrected chi connectivity index (χ4v) is 3.43. The van der Waals surface area contributed by atoms with Crippen molar-refractivity contribution in [2.24, 2.45) is 17.6 Å². The molecule has 1 aromatic rings. The van der Waals surface area contributed by atoms with E-state index in [0.29, 0.717) is 23.2 Å². The average Bonchev–Trinajstić information content (AvgIpc) is 2.56. The molecule has 7 heteroatoms. The van der Waals surface area contributed by atoms with Gasteiger partial charge < -0.3 is 15.8 Å². The van der Waals surface area contributed by atoms with Crippen LogP contribution in [0, 0.1) is 24.2 Å². The zero-order valence-corrected chi connectivity index (χ0v) is 17.2. The number of hydrogen-bond donors (Lipinski definition) is 3. The van der Waals surface area contributed by atoms with Crippen molar-refractivity contribution in [1.82, 2.24) is 5.32 Å². The second-order valence-corrected chi connectivity index (χ2v) is 7.63. The number of nitrogens with two attached hydrogens (primary N) is 1. The van der Waals surface area contributed by atoms with Crippen molar-refractivity contribution in [3.63, 3.8) is 0 Å². The van der Waals surface area contributed by atoms with Crippen LogP contribution in [0.4, 0.5) is 0 Å². The van der Waals surface area contributed by atoms with Crippen LogP contribution in [-0.4, -0.2) is 18.5 Å². The SMILES string of the molecule is Cc1cc(OC(=O)[C@H]2CC[C@H](CNC(=N)N)CC2)c(C(C)C)cc1Cl.Cl. The number of guanidine groups is 1. The number of carbonyl (C=O) groups excluding carboxylic acids is 1. The minimum absolute atomic E-state index is 0. The first-order valence-electron chi connectivity index (χ1n) is 8.87. The van der Waals surface area contributed by atoms with E-state index in [2.05, 4.69) is 19.2 Å². The summed E-state index contributed by atoms with van der Waals surface area (Å²) in [7, 11) is 0. The van der Waals surface area contributed by atoms with Crippen LogP contribution in [-0.2, 0) is 4.79 Å². The summed E-state index contributed by atoms with van der Waals surface area (Å²) in [6, 6.07) is 3.76. The molecule has 5 nitrogen and oxygen atoms in total. The predicted octanol–water partition coefficient (Wildman–Crippen LogP) is 4.39. The van der Waals surface area contributed by atoms with E-state index in [-0.39, 0.29) is 36.2 Å². The van der Waals surface area contributed by atoms with E-state index in [1.165, 1.54) is 0 Å². The highest BCUT2D eigenvalue weighted by Crippen LogP contribution is 2.34. The van der Waals surface area contributed by atoms with Gasteiger partial charge in [0.05, 0.1) is 5.92 Å². The Morgan fingerprint density at radius 3 is 2.50 bits per heavy atom. The van der Waals surface area contributed by atoms with Crippen molar-refractivity contribution in [1.29, 1.82) is 5.41 Å². The largest absolute Gasteiger partial charge is 0.426 e. The smallest absolute Gasteiger partial charge is 0.314 e. The third-order valence-electron chi connectivity index (χ3n) is 4.88. The number of aryl methyl sites for hydroxylation is 1. The number of rotatable bonds is 5. The molecule has 26 heavy (non-hydrogen) atoms. The van der Waals surface area contributed by atoms with Gasteiger partial charge in [-0.15, -0.1) is 12.4 Å². The summed E-state index contributed by atoms with van der Waals surface area (Å²) in [6.45, 7) is 6.74. The zero-order chi connectivity index (χ0) is 18.6. The van der Waals surface area contributed by atoms with Gasteiger partial charge in [0.1, 0.15) is 5.75 Å². The van der Waals surface area contributed by atoms with E-state index in [9.17, 15) is 4.79 Å². The lowest BCUT2D eigenvalue weighted by molar-refractivity contribution is -0.140.